The molecule has 0 aromatic carbocycles. The van der Waals surface area contributed by atoms with Crippen LogP contribution in [0.2, 0.25) is 0 Å². The smallest absolute Gasteiger partial charge is 0.220 e. The molecule has 0 spiro atoms. The lowest BCUT2D eigenvalue weighted by Crippen LogP contribution is -2.66. The van der Waals surface area contributed by atoms with Gasteiger partial charge in [-0.3, -0.25) is 4.79 Å². The number of hydrogen-bond acceptors (Lipinski definition) is 18. The van der Waals surface area contributed by atoms with Gasteiger partial charge in [-0.25, -0.2) is 0 Å². The van der Waals surface area contributed by atoms with Gasteiger partial charge in [-0.15, -0.1) is 0 Å². The topological polar surface area (TPSA) is 307 Å². The van der Waals surface area contributed by atoms with E-state index < -0.39 is 124 Å². The van der Waals surface area contributed by atoms with Crippen LogP contribution < -0.4 is 5.32 Å². The number of hydrogen-bond donors (Lipinski definition) is 12. The Morgan fingerprint density at radius 2 is 0.835 bits per heavy atom. The molecule has 17 atom stereocenters. The summed E-state index contributed by atoms with van der Waals surface area (Å²) in [7, 11) is 0. The van der Waals surface area contributed by atoms with E-state index in [-0.39, 0.29) is 18.9 Å². The lowest BCUT2D eigenvalue weighted by atomic mass is 9.96. The Labute approximate surface area is 472 Å². The number of carbonyl (C=O) groups is 1. The zero-order chi connectivity index (χ0) is 57.6. The number of unbranched alkanes of at least 4 members (excludes halogenated alkanes) is 25. The molecule has 0 aromatic heterocycles. The Balaban J connectivity index is 1.45. The summed E-state index contributed by atoms with van der Waals surface area (Å²) in [6.45, 7) is 1.69. The van der Waals surface area contributed by atoms with E-state index in [0.717, 1.165) is 57.8 Å². The van der Waals surface area contributed by atoms with Crippen molar-refractivity contribution in [3.05, 3.63) is 36.5 Å². The van der Waals surface area contributed by atoms with Crippen LogP contribution in [0.5, 0.6) is 0 Å². The molecular weight excluding hydrogens is 1020 g/mol. The van der Waals surface area contributed by atoms with Crippen molar-refractivity contribution in [2.75, 3.05) is 26.4 Å². The monoisotopic (exact) mass is 1130 g/mol. The van der Waals surface area contributed by atoms with E-state index in [9.17, 15) is 61.0 Å². The molecule has 0 saturated carbocycles. The van der Waals surface area contributed by atoms with Gasteiger partial charge >= 0.3 is 0 Å². The number of ether oxygens (including phenoxy) is 6. The van der Waals surface area contributed by atoms with Crippen LogP contribution in [0.3, 0.4) is 0 Å². The number of carbonyl (C=O) groups excluding carboxylic acids is 1. The quantitative estimate of drug-likeness (QED) is 0.0257. The van der Waals surface area contributed by atoms with Crippen molar-refractivity contribution in [2.45, 2.75) is 311 Å². The van der Waals surface area contributed by atoms with Crippen LogP contribution in [0.15, 0.2) is 36.5 Å². The molecule has 19 heteroatoms. The van der Waals surface area contributed by atoms with Crippen molar-refractivity contribution in [3.63, 3.8) is 0 Å². The first kappa shape index (κ1) is 71.3. The number of aliphatic hydroxyl groups excluding tert-OH is 11. The van der Waals surface area contributed by atoms with E-state index in [1.54, 1.807) is 6.08 Å². The Bertz CT molecular complexity index is 1590. The highest BCUT2D eigenvalue weighted by Gasteiger charge is 2.53. The molecular formula is C60H109NO18. The Morgan fingerprint density at radius 3 is 1.29 bits per heavy atom. The summed E-state index contributed by atoms with van der Waals surface area (Å²) < 4.78 is 34.2. The first-order valence-electron chi connectivity index (χ1n) is 30.7. The summed E-state index contributed by atoms with van der Waals surface area (Å²) in [5.74, 6) is -0.280. The predicted octanol–water partition coefficient (Wildman–Crippen LogP) is 5.71. The number of amides is 1. The maximum atomic E-state index is 13.3. The van der Waals surface area contributed by atoms with Crippen LogP contribution >= 0.6 is 0 Å². The van der Waals surface area contributed by atoms with Crippen molar-refractivity contribution in [3.8, 4) is 0 Å². The molecule has 19 nitrogen and oxygen atoms in total. The highest BCUT2D eigenvalue weighted by Crippen LogP contribution is 2.33. The molecule has 0 aliphatic carbocycles. The van der Waals surface area contributed by atoms with Crippen LogP contribution in [0.25, 0.3) is 0 Å². The number of nitrogens with one attached hydrogen (secondary N) is 1. The van der Waals surface area contributed by atoms with Gasteiger partial charge in [0, 0.05) is 6.42 Å². The number of allylic oxidation sites excluding steroid dienone is 5. The van der Waals surface area contributed by atoms with Crippen molar-refractivity contribution in [1.82, 2.24) is 5.32 Å². The van der Waals surface area contributed by atoms with Gasteiger partial charge in [0.2, 0.25) is 5.91 Å². The van der Waals surface area contributed by atoms with Gasteiger partial charge in [-0.05, 0) is 51.4 Å². The lowest BCUT2D eigenvalue weighted by molar-refractivity contribution is -0.379. The van der Waals surface area contributed by atoms with E-state index in [2.05, 4.69) is 43.5 Å². The maximum absolute atomic E-state index is 13.3. The third-order valence-electron chi connectivity index (χ3n) is 15.4. The molecule has 17 unspecified atom stereocenters. The van der Waals surface area contributed by atoms with E-state index in [4.69, 9.17) is 28.4 Å². The van der Waals surface area contributed by atoms with Gasteiger partial charge in [0.25, 0.3) is 0 Å². The molecule has 0 radical (unpaired) electrons. The summed E-state index contributed by atoms with van der Waals surface area (Å²) >= 11 is 0. The highest BCUT2D eigenvalue weighted by atomic mass is 16.8. The zero-order valence-corrected chi connectivity index (χ0v) is 48.1. The summed E-state index contributed by atoms with van der Waals surface area (Å²) in [4.78, 5) is 13.3. The molecule has 1 amide bonds. The van der Waals surface area contributed by atoms with Crippen LogP contribution in [-0.2, 0) is 33.2 Å². The van der Waals surface area contributed by atoms with Crippen LogP contribution in [0, 0.1) is 0 Å². The van der Waals surface area contributed by atoms with Gasteiger partial charge in [0.1, 0.15) is 73.2 Å². The van der Waals surface area contributed by atoms with Gasteiger partial charge < -0.3 is 89.9 Å². The lowest BCUT2D eigenvalue weighted by Gasteiger charge is -2.48. The average molecular weight is 1130 g/mol. The largest absolute Gasteiger partial charge is 0.394 e. The molecule has 0 aromatic rings. The fraction of sp³-hybridized carbons (Fsp3) is 0.883. The normalized spacial score (nSPS) is 30.5. The molecule has 462 valence electrons. The number of aliphatic hydroxyl groups is 11. The molecule has 3 heterocycles. The third kappa shape index (κ3) is 27.5. The molecule has 3 rings (SSSR count). The Morgan fingerprint density at radius 1 is 0.456 bits per heavy atom. The van der Waals surface area contributed by atoms with E-state index in [1.807, 2.05) is 6.08 Å². The van der Waals surface area contributed by atoms with Crippen molar-refractivity contribution >= 4 is 5.91 Å². The standard InChI is InChI=1S/C60H109NO18/c1-3-5-7-9-11-13-15-16-17-18-19-20-21-22-23-24-25-26-28-30-32-34-36-38-48(66)61-43(44(65)37-35-33-31-29-27-14-12-10-8-6-4-2)42-74-58-54(72)51(69)56(46(40-63)76-58)79-60-55(73)52(70)57(47(41-64)77-60)78-59-53(71)50(68)49(67)45(39-62)75-59/h15-16,18-19,35,37,43-47,49-60,62-65,67-73H,3-14,17,20-34,36,38-42H2,1-2H3,(H,61,66)/b16-15-,19-18-,37-35+. The van der Waals surface area contributed by atoms with Crippen LogP contribution in [-0.4, -0.2) is 193 Å². The molecule has 79 heavy (non-hydrogen) atoms. The second-order valence-corrected chi connectivity index (χ2v) is 22.2. The third-order valence-corrected chi connectivity index (χ3v) is 15.4. The summed E-state index contributed by atoms with van der Waals surface area (Å²) in [5, 5.41) is 120. The van der Waals surface area contributed by atoms with Crippen LogP contribution in [0.1, 0.15) is 206 Å². The number of rotatable bonds is 45. The first-order chi connectivity index (χ1) is 38.3. The second-order valence-electron chi connectivity index (χ2n) is 22.2. The minimum absolute atomic E-state index is 0.241. The van der Waals surface area contributed by atoms with Gasteiger partial charge in [0.05, 0.1) is 38.6 Å². The minimum Gasteiger partial charge on any atom is -0.394 e. The minimum atomic E-state index is -1.98. The zero-order valence-electron chi connectivity index (χ0n) is 48.1. The Kier molecular flexibility index (Phi) is 39.4. The fourth-order valence-corrected chi connectivity index (χ4v) is 10.3. The SMILES string of the molecule is CCCCCCC/C=C\C/C=C\CCCCCCCCCCCCCC(=O)NC(COC1OC(CO)C(OC2OC(CO)C(OC3OC(CO)C(O)C(O)C3O)C(O)C2O)C(O)C1O)C(O)/C=C/CCCCCCCCCCC. The van der Waals surface area contributed by atoms with Crippen molar-refractivity contribution in [1.29, 1.82) is 0 Å². The van der Waals surface area contributed by atoms with Crippen LogP contribution in [0.4, 0.5) is 0 Å². The van der Waals surface area contributed by atoms with E-state index in [1.165, 1.54) is 122 Å². The summed E-state index contributed by atoms with van der Waals surface area (Å²) in [6, 6.07) is -0.972. The molecule has 12 N–H and O–H groups in total. The molecule has 0 bridgehead atoms. The molecule has 3 saturated heterocycles. The van der Waals surface area contributed by atoms with Gasteiger partial charge in [-0.1, -0.05) is 185 Å². The summed E-state index contributed by atoms with van der Waals surface area (Å²) in [5.41, 5.74) is 0. The van der Waals surface area contributed by atoms with E-state index in [0.29, 0.717) is 6.42 Å². The maximum Gasteiger partial charge on any atom is 0.220 e. The van der Waals surface area contributed by atoms with Crippen molar-refractivity contribution in [2.24, 2.45) is 0 Å². The Hall–Kier alpha value is -1.99. The fourth-order valence-electron chi connectivity index (χ4n) is 10.3. The van der Waals surface area contributed by atoms with Gasteiger partial charge in [-0.2, -0.15) is 0 Å². The van der Waals surface area contributed by atoms with E-state index >= 15 is 0 Å². The first-order valence-corrected chi connectivity index (χ1v) is 30.7. The van der Waals surface area contributed by atoms with Crippen molar-refractivity contribution < 1.29 is 89.4 Å². The summed E-state index contributed by atoms with van der Waals surface area (Å²) in [6.07, 6.45) is 19.9. The molecule has 3 aliphatic heterocycles. The molecule has 3 aliphatic rings. The highest BCUT2D eigenvalue weighted by molar-refractivity contribution is 5.76. The van der Waals surface area contributed by atoms with Gasteiger partial charge in [0.15, 0.2) is 18.9 Å². The second kappa shape index (κ2) is 43.6. The average Bonchev–Trinajstić information content (AvgIpc) is 3.49. The predicted molar refractivity (Wildman–Crippen MR) is 300 cm³/mol. The molecule has 3 fully saturated rings.